The van der Waals surface area contributed by atoms with Crippen LogP contribution in [0.15, 0.2) is 63.8 Å². The minimum Gasteiger partial charge on any atom is -0.422 e. The van der Waals surface area contributed by atoms with Crippen LogP contribution in [0.4, 0.5) is 18.9 Å². The van der Waals surface area contributed by atoms with Crippen LogP contribution in [0.25, 0.3) is 22.1 Å². The SMILES string of the molecule is CN(C(=O)C(F)(F)F)c1cccc(-c2cc3ccccc3oc2=O)c1. The zero-order valence-electron chi connectivity index (χ0n) is 13.0. The van der Waals surface area contributed by atoms with Crippen LogP contribution in [0.5, 0.6) is 0 Å². The number of amides is 1. The van der Waals surface area contributed by atoms with Crippen LogP contribution in [0.2, 0.25) is 0 Å². The first-order valence-electron chi connectivity index (χ1n) is 7.25. The number of benzene rings is 2. The molecule has 25 heavy (non-hydrogen) atoms. The molecule has 1 aromatic heterocycles. The average molecular weight is 347 g/mol. The maximum atomic E-state index is 12.6. The fourth-order valence-electron chi connectivity index (χ4n) is 2.45. The smallest absolute Gasteiger partial charge is 0.422 e. The number of fused-ring (bicyclic) bond motifs is 1. The molecule has 3 aromatic rings. The van der Waals surface area contributed by atoms with E-state index in [9.17, 15) is 22.8 Å². The first-order valence-corrected chi connectivity index (χ1v) is 7.25. The quantitative estimate of drug-likeness (QED) is 0.659. The summed E-state index contributed by atoms with van der Waals surface area (Å²) in [6, 6.07) is 14.2. The van der Waals surface area contributed by atoms with Crippen LogP contribution >= 0.6 is 0 Å². The Morgan fingerprint density at radius 1 is 1.04 bits per heavy atom. The summed E-state index contributed by atoms with van der Waals surface area (Å²) >= 11 is 0. The molecule has 0 radical (unpaired) electrons. The van der Waals surface area contributed by atoms with Crippen LogP contribution in [0.1, 0.15) is 0 Å². The summed E-state index contributed by atoms with van der Waals surface area (Å²) in [5.74, 6) is -1.99. The van der Waals surface area contributed by atoms with E-state index in [1.54, 1.807) is 36.4 Å². The number of hydrogen-bond acceptors (Lipinski definition) is 3. The van der Waals surface area contributed by atoms with Gasteiger partial charge in [-0.3, -0.25) is 4.79 Å². The van der Waals surface area contributed by atoms with E-state index in [0.717, 1.165) is 7.05 Å². The third-order valence-corrected chi connectivity index (χ3v) is 3.73. The molecule has 0 fully saturated rings. The Morgan fingerprint density at radius 3 is 2.48 bits per heavy atom. The van der Waals surface area contributed by atoms with Crippen LogP contribution in [0, 0.1) is 0 Å². The van der Waals surface area contributed by atoms with E-state index >= 15 is 0 Å². The zero-order valence-corrected chi connectivity index (χ0v) is 13.0. The molecule has 0 aliphatic heterocycles. The lowest BCUT2D eigenvalue weighted by Crippen LogP contribution is -2.38. The van der Waals surface area contributed by atoms with Gasteiger partial charge in [0.1, 0.15) is 5.58 Å². The second-order valence-corrected chi connectivity index (χ2v) is 5.40. The van der Waals surface area contributed by atoms with Crippen molar-refractivity contribution in [2.24, 2.45) is 0 Å². The van der Waals surface area contributed by atoms with E-state index in [1.165, 1.54) is 18.2 Å². The molecule has 0 saturated carbocycles. The fraction of sp³-hybridized carbons (Fsp3) is 0.111. The second kappa shape index (κ2) is 6.08. The third-order valence-electron chi connectivity index (χ3n) is 3.73. The molecule has 7 heteroatoms. The summed E-state index contributed by atoms with van der Waals surface area (Å²) < 4.78 is 43.0. The number of rotatable bonds is 2. The van der Waals surface area contributed by atoms with Crippen molar-refractivity contribution in [2.45, 2.75) is 6.18 Å². The number of carbonyl (C=O) groups is 1. The maximum absolute atomic E-state index is 12.6. The normalized spacial score (nSPS) is 11.5. The number of carbonyl (C=O) groups excluding carboxylic acids is 1. The summed E-state index contributed by atoms with van der Waals surface area (Å²) in [5, 5.41) is 0.683. The molecule has 128 valence electrons. The number of halogens is 3. The molecular weight excluding hydrogens is 335 g/mol. The Labute approximate surface area is 140 Å². The molecule has 0 N–H and O–H groups in total. The number of hydrogen-bond donors (Lipinski definition) is 0. The van der Waals surface area contributed by atoms with Crippen molar-refractivity contribution in [3.8, 4) is 11.1 Å². The van der Waals surface area contributed by atoms with Gasteiger partial charge in [0.2, 0.25) is 0 Å². The number of alkyl halides is 3. The van der Waals surface area contributed by atoms with Crippen molar-refractivity contribution in [1.29, 1.82) is 0 Å². The molecule has 2 aromatic carbocycles. The molecule has 3 rings (SSSR count). The van der Waals surface area contributed by atoms with Crippen LogP contribution in [0.3, 0.4) is 0 Å². The van der Waals surface area contributed by atoms with Gasteiger partial charge in [0.15, 0.2) is 0 Å². The van der Waals surface area contributed by atoms with Gasteiger partial charge < -0.3 is 9.32 Å². The van der Waals surface area contributed by atoms with Gasteiger partial charge >= 0.3 is 17.7 Å². The fourth-order valence-corrected chi connectivity index (χ4v) is 2.45. The van der Waals surface area contributed by atoms with E-state index < -0.39 is 17.7 Å². The molecule has 0 bridgehead atoms. The standard InChI is InChI=1S/C18H12F3NO3/c1-22(17(24)18(19,20)21)13-7-4-6-11(9-13)14-10-12-5-2-3-8-15(12)25-16(14)23/h2-10H,1H3. The van der Waals surface area contributed by atoms with Gasteiger partial charge in [0.05, 0.1) is 5.56 Å². The van der Waals surface area contributed by atoms with Gasteiger partial charge in [-0.25, -0.2) is 4.79 Å². The molecule has 0 aliphatic rings. The monoisotopic (exact) mass is 347 g/mol. The lowest BCUT2D eigenvalue weighted by atomic mass is 10.0. The van der Waals surface area contributed by atoms with E-state index in [4.69, 9.17) is 4.42 Å². The van der Waals surface area contributed by atoms with Crippen molar-refractivity contribution < 1.29 is 22.4 Å². The highest BCUT2D eigenvalue weighted by Gasteiger charge is 2.41. The Hall–Kier alpha value is -3.09. The average Bonchev–Trinajstić information content (AvgIpc) is 2.59. The summed E-state index contributed by atoms with van der Waals surface area (Å²) in [5.41, 5.74) is 0.386. The first kappa shape index (κ1) is 16.8. The van der Waals surface area contributed by atoms with E-state index in [-0.39, 0.29) is 11.3 Å². The van der Waals surface area contributed by atoms with Crippen molar-refractivity contribution in [3.63, 3.8) is 0 Å². The van der Waals surface area contributed by atoms with Gasteiger partial charge in [-0.2, -0.15) is 13.2 Å². The molecule has 0 aliphatic carbocycles. The molecule has 4 nitrogen and oxygen atoms in total. The third kappa shape index (κ3) is 3.26. The summed E-state index contributed by atoms with van der Waals surface area (Å²) in [6.45, 7) is 0. The van der Waals surface area contributed by atoms with Gasteiger partial charge in [-0.15, -0.1) is 0 Å². The Morgan fingerprint density at radius 2 is 1.76 bits per heavy atom. The van der Waals surface area contributed by atoms with Gasteiger partial charge in [-0.05, 0) is 29.8 Å². The lowest BCUT2D eigenvalue weighted by molar-refractivity contribution is -0.170. The van der Waals surface area contributed by atoms with Crippen LogP contribution in [-0.2, 0) is 4.79 Å². The summed E-state index contributed by atoms with van der Waals surface area (Å²) in [6.07, 6.45) is -4.98. The van der Waals surface area contributed by atoms with Crippen molar-refractivity contribution >= 4 is 22.6 Å². The molecular formula is C18H12F3NO3. The summed E-state index contributed by atoms with van der Waals surface area (Å²) in [4.78, 5) is 24.0. The predicted octanol–water partition coefficient (Wildman–Crippen LogP) is 3.99. The van der Waals surface area contributed by atoms with Crippen molar-refractivity contribution in [1.82, 2.24) is 0 Å². The Balaban J connectivity index is 2.07. The highest BCUT2D eigenvalue weighted by molar-refractivity contribution is 5.97. The van der Waals surface area contributed by atoms with Gasteiger partial charge in [-0.1, -0.05) is 30.3 Å². The second-order valence-electron chi connectivity index (χ2n) is 5.40. The highest BCUT2D eigenvalue weighted by atomic mass is 19.4. The zero-order chi connectivity index (χ0) is 18.2. The van der Waals surface area contributed by atoms with Crippen LogP contribution < -0.4 is 10.5 Å². The minimum absolute atomic E-state index is 0.0207. The number of para-hydroxylation sites is 1. The molecule has 0 spiro atoms. The van der Waals surface area contributed by atoms with E-state index in [0.29, 0.717) is 21.4 Å². The Bertz CT molecular complexity index is 1010. The van der Waals surface area contributed by atoms with Crippen molar-refractivity contribution in [2.75, 3.05) is 11.9 Å². The topological polar surface area (TPSA) is 50.5 Å². The first-order chi connectivity index (χ1) is 11.8. The molecule has 1 heterocycles. The lowest BCUT2D eigenvalue weighted by Gasteiger charge is -2.19. The molecule has 0 atom stereocenters. The molecule has 1 amide bonds. The number of anilines is 1. The van der Waals surface area contributed by atoms with E-state index in [1.807, 2.05) is 0 Å². The minimum atomic E-state index is -4.98. The van der Waals surface area contributed by atoms with Crippen molar-refractivity contribution in [3.05, 3.63) is 65.0 Å². The van der Waals surface area contributed by atoms with E-state index in [2.05, 4.69) is 0 Å². The Kier molecular flexibility index (Phi) is 4.08. The maximum Gasteiger partial charge on any atom is 0.471 e. The predicted molar refractivity (Wildman–Crippen MR) is 87.4 cm³/mol. The van der Waals surface area contributed by atoms with Gasteiger partial charge in [0, 0.05) is 18.1 Å². The largest absolute Gasteiger partial charge is 0.471 e. The molecule has 0 saturated heterocycles. The summed E-state index contributed by atoms with van der Waals surface area (Å²) in [7, 11) is 1.03. The molecule has 0 unspecified atom stereocenters. The van der Waals surface area contributed by atoms with Crippen LogP contribution in [-0.4, -0.2) is 19.1 Å². The highest BCUT2D eigenvalue weighted by Crippen LogP contribution is 2.27. The van der Waals surface area contributed by atoms with Gasteiger partial charge in [0.25, 0.3) is 0 Å². The number of nitrogens with zero attached hydrogens (tertiary/aromatic N) is 1.